The van der Waals surface area contributed by atoms with Crippen LogP contribution in [0.2, 0.25) is 0 Å². The molecule has 0 saturated carbocycles. The molecule has 116 valence electrons. The number of nitro groups is 1. The number of benzene rings is 1. The summed E-state index contributed by atoms with van der Waals surface area (Å²) in [4.78, 5) is 21.4. The van der Waals surface area contributed by atoms with Crippen molar-refractivity contribution in [2.45, 2.75) is 39.2 Å². The zero-order chi connectivity index (χ0) is 16.0. The first-order valence-corrected chi connectivity index (χ1v) is 7.82. The highest BCUT2D eigenvalue weighted by Crippen LogP contribution is 2.27. The number of rotatable bonds is 8. The fourth-order valence-electron chi connectivity index (χ4n) is 1.97. The molecule has 0 radical (unpaired) electrons. The van der Waals surface area contributed by atoms with Crippen molar-refractivity contribution in [2.75, 3.05) is 5.32 Å². The maximum atomic E-state index is 11.0. The quantitative estimate of drug-likeness (QED) is 0.388. The second kappa shape index (κ2) is 8.16. The lowest BCUT2D eigenvalue weighted by Gasteiger charge is -2.16. The second-order valence-corrected chi connectivity index (χ2v) is 6.38. The Hall–Kier alpha value is -1.38. The molecular formula is C14H19IN2O4. The van der Waals surface area contributed by atoms with Gasteiger partial charge in [-0.1, -0.05) is 13.3 Å². The average molecular weight is 406 g/mol. The van der Waals surface area contributed by atoms with Gasteiger partial charge in [0, 0.05) is 15.7 Å². The topological polar surface area (TPSA) is 92.5 Å². The summed E-state index contributed by atoms with van der Waals surface area (Å²) in [5.41, 5.74) is 0.562. The van der Waals surface area contributed by atoms with Gasteiger partial charge in [0.25, 0.3) is 5.69 Å². The number of hydrogen-bond acceptors (Lipinski definition) is 4. The molecule has 0 saturated heterocycles. The molecule has 0 heterocycles. The van der Waals surface area contributed by atoms with Gasteiger partial charge in [-0.25, -0.2) is 0 Å². The Bertz CT molecular complexity index is 522. The van der Waals surface area contributed by atoms with Crippen LogP contribution in [0, 0.1) is 19.6 Å². The van der Waals surface area contributed by atoms with E-state index in [1.807, 2.05) is 35.6 Å². The first kappa shape index (κ1) is 17.7. The minimum absolute atomic E-state index is 0.0461. The van der Waals surface area contributed by atoms with E-state index in [1.54, 1.807) is 13.0 Å². The van der Waals surface area contributed by atoms with E-state index in [0.29, 0.717) is 12.1 Å². The van der Waals surface area contributed by atoms with E-state index < -0.39 is 10.9 Å². The summed E-state index contributed by atoms with van der Waals surface area (Å²) < 4.78 is 0.813. The minimum Gasteiger partial charge on any atom is -0.481 e. The lowest BCUT2D eigenvalue weighted by Crippen LogP contribution is -2.17. The molecule has 7 heteroatoms. The predicted octanol–water partition coefficient (Wildman–Crippen LogP) is 3.89. The largest absolute Gasteiger partial charge is 0.481 e. The van der Waals surface area contributed by atoms with Gasteiger partial charge in [-0.3, -0.25) is 14.9 Å². The zero-order valence-corrected chi connectivity index (χ0v) is 14.2. The SMILES string of the molecule is CC(CCCC(C)C(=O)O)Nc1ccc(I)cc1[N+](=O)[O-]. The van der Waals surface area contributed by atoms with Crippen molar-refractivity contribution in [3.63, 3.8) is 0 Å². The number of nitrogens with zero attached hydrogens (tertiary/aromatic N) is 1. The number of anilines is 1. The molecule has 21 heavy (non-hydrogen) atoms. The highest BCUT2D eigenvalue weighted by molar-refractivity contribution is 14.1. The lowest BCUT2D eigenvalue weighted by atomic mass is 10.0. The zero-order valence-electron chi connectivity index (χ0n) is 12.0. The van der Waals surface area contributed by atoms with Gasteiger partial charge in [0.2, 0.25) is 0 Å². The normalized spacial score (nSPS) is 13.5. The van der Waals surface area contributed by atoms with E-state index in [0.717, 1.165) is 16.4 Å². The summed E-state index contributed by atoms with van der Waals surface area (Å²) in [7, 11) is 0. The van der Waals surface area contributed by atoms with Crippen LogP contribution in [0.5, 0.6) is 0 Å². The van der Waals surface area contributed by atoms with Crippen molar-refractivity contribution in [1.82, 2.24) is 0 Å². The lowest BCUT2D eigenvalue weighted by molar-refractivity contribution is -0.384. The van der Waals surface area contributed by atoms with Crippen LogP contribution in [0.25, 0.3) is 0 Å². The first-order valence-electron chi connectivity index (χ1n) is 6.74. The third-order valence-electron chi connectivity index (χ3n) is 3.25. The number of hydrogen-bond donors (Lipinski definition) is 2. The Kier molecular flexibility index (Phi) is 6.86. The molecular weight excluding hydrogens is 387 g/mol. The first-order chi connectivity index (χ1) is 9.81. The third kappa shape index (κ3) is 5.86. The monoisotopic (exact) mass is 406 g/mol. The number of aliphatic carboxylic acids is 1. The summed E-state index contributed by atoms with van der Waals surface area (Å²) in [5, 5.41) is 23.0. The van der Waals surface area contributed by atoms with Crippen LogP contribution in [0.15, 0.2) is 18.2 Å². The van der Waals surface area contributed by atoms with E-state index in [4.69, 9.17) is 5.11 Å². The van der Waals surface area contributed by atoms with Crippen LogP contribution in [-0.4, -0.2) is 22.0 Å². The van der Waals surface area contributed by atoms with Crippen molar-refractivity contribution in [3.05, 3.63) is 31.9 Å². The van der Waals surface area contributed by atoms with Gasteiger partial charge in [0.15, 0.2) is 0 Å². The van der Waals surface area contributed by atoms with Gasteiger partial charge in [-0.05, 0) is 54.5 Å². The van der Waals surface area contributed by atoms with Crippen LogP contribution in [0.3, 0.4) is 0 Å². The molecule has 6 nitrogen and oxygen atoms in total. The summed E-state index contributed by atoms with van der Waals surface area (Å²) >= 11 is 2.04. The second-order valence-electron chi connectivity index (χ2n) is 5.13. The molecule has 0 aliphatic carbocycles. The Morgan fingerprint density at radius 3 is 2.67 bits per heavy atom. The van der Waals surface area contributed by atoms with Crippen LogP contribution in [-0.2, 0) is 4.79 Å². The van der Waals surface area contributed by atoms with E-state index in [1.165, 1.54) is 6.07 Å². The molecule has 0 aliphatic heterocycles. The Morgan fingerprint density at radius 1 is 1.43 bits per heavy atom. The van der Waals surface area contributed by atoms with Crippen LogP contribution in [0.1, 0.15) is 33.1 Å². The third-order valence-corrected chi connectivity index (χ3v) is 3.93. The van der Waals surface area contributed by atoms with Crippen molar-refractivity contribution in [2.24, 2.45) is 5.92 Å². The molecule has 0 spiro atoms. The predicted molar refractivity (Wildman–Crippen MR) is 89.5 cm³/mol. The van der Waals surface area contributed by atoms with E-state index >= 15 is 0 Å². The van der Waals surface area contributed by atoms with Crippen LogP contribution >= 0.6 is 22.6 Å². The molecule has 0 fully saturated rings. The molecule has 0 aliphatic rings. The maximum Gasteiger partial charge on any atom is 0.306 e. The number of nitrogens with one attached hydrogen (secondary N) is 1. The highest BCUT2D eigenvalue weighted by atomic mass is 127. The number of carboxylic acid groups (broad SMARTS) is 1. The molecule has 2 N–H and O–H groups in total. The standard InChI is InChI=1S/C14H19IN2O4/c1-9(14(18)19)4-3-5-10(2)16-12-7-6-11(15)8-13(12)17(20)21/h6-10,16H,3-5H2,1-2H3,(H,18,19). The van der Waals surface area contributed by atoms with Crippen molar-refractivity contribution >= 4 is 39.9 Å². The molecule has 0 aromatic heterocycles. The van der Waals surface area contributed by atoms with Gasteiger partial charge in [-0.15, -0.1) is 0 Å². The summed E-state index contributed by atoms with van der Waals surface area (Å²) in [6.45, 7) is 3.62. The van der Waals surface area contributed by atoms with Crippen LogP contribution < -0.4 is 5.32 Å². The number of carbonyl (C=O) groups is 1. The van der Waals surface area contributed by atoms with Crippen molar-refractivity contribution in [1.29, 1.82) is 0 Å². The molecule has 2 unspecified atom stereocenters. The van der Waals surface area contributed by atoms with Gasteiger partial charge >= 0.3 is 5.97 Å². The molecule has 0 bridgehead atoms. The van der Waals surface area contributed by atoms with Gasteiger partial charge in [0.1, 0.15) is 5.69 Å². The van der Waals surface area contributed by atoms with E-state index in [2.05, 4.69) is 5.32 Å². The molecule has 2 atom stereocenters. The molecule has 1 aromatic carbocycles. The Morgan fingerprint density at radius 2 is 2.10 bits per heavy atom. The molecule has 1 aromatic rings. The number of halogens is 1. The summed E-state index contributed by atoms with van der Waals surface area (Å²) in [6.07, 6.45) is 2.14. The van der Waals surface area contributed by atoms with Crippen molar-refractivity contribution < 1.29 is 14.8 Å². The van der Waals surface area contributed by atoms with Gasteiger partial charge < -0.3 is 10.4 Å². The average Bonchev–Trinajstić information content (AvgIpc) is 2.40. The van der Waals surface area contributed by atoms with E-state index in [-0.39, 0.29) is 17.6 Å². The number of carboxylic acids is 1. The Labute approximate surface area is 137 Å². The fraction of sp³-hybridized carbons (Fsp3) is 0.500. The molecule has 1 rings (SSSR count). The van der Waals surface area contributed by atoms with Crippen LogP contribution in [0.4, 0.5) is 11.4 Å². The van der Waals surface area contributed by atoms with Gasteiger partial charge in [-0.2, -0.15) is 0 Å². The maximum absolute atomic E-state index is 11.0. The number of nitro benzene ring substituents is 1. The minimum atomic E-state index is -0.788. The van der Waals surface area contributed by atoms with E-state index in [9.17, 15) is 14.9 Å². The van der Waals surface area contributed by atoms with Crippen molar-refractivity contribution in [3.8, 4) is 0 Å². The molecule has 0 amide bonds. The highest BCUT2D eigenvalue weighted by Gasteiger charge is 2.16. The Balaban J connectivity index is 2.57. The fourth-order valence-corrected chi connectivity index (χ4v) is 2.44. The summed E-state index contributed by atoms with van der Waals surface area (Å²) in [6, 6.07) is 5.10. The smallest absolute Gasteiger partial charge is 0.306 e. The summed E-state index contributed by atoms with van der Waals surface area (Å²) in [5.74, 6) is -1.14. The van der Waals surface area contributed by atoms with Gasteiger partial charge in [0.05, 0.1) is 10.8 Å².